The molecule has 0 radical (unpaired) electrons. The predicted molar refractivity (Wildman–Crippen MR) is 119 cm³/mol. The van der Waals surface area contributed by atoms with Crippen LogP contribution in [0.25, 0.3) is 10.4 Å². The Morgan fingerprint density at radius 2 is 1.79 bits per heavy atom. The molecule has 2 heterocycles. The van der Waals surface area contributed by atoms with Gasteiger partial charge in [-0.25, -0.2) is 0 Å². The first-order chi connectivity index (χ1) is 14.3. The first kappa shape index (κ1) is 19.7. The van der Waals surface area contributed by atoms with Crippen molar-refractivity contribution in [2.24, 2.45) is 0 Å². The normalized spacial score (nSPS) is 14.2. The minimum absolute atomic E-state index is 0.0249. The Kier molecular flexibility index (Phi) is 6.29. The molecular formula is C22H25N3O3S. The van der Waals surface area contributed by atoms with Gasteiger partial charge in [-0.05, 0) is 29.8 Å². The quantitative estimate of drug-likeness (QED) is 0.641. The van der Waals surface area contributed by atoms with Crippen LogP contribution in [-0.4, -0.2) is 44.0 Å². The Labute approximate surface area is 174 Å². The first-order valence-corrected chi connectivity index (χ1v) is 10.5. The number of morpholine rings is 1. The van der Waals surface area contributed by atoms with Crippen molar-refractivity contribution in [3.05, 3.63) is 65.0 Å². The number of anilines is 3. The van der Waals surface area contributed by atoms with E-state index in [1.807, 2.05) is 42.5 Å². The van der Waals surface area contributed by atoms with E-state index in [0.29, 0.717) is 18.8 Å². The van der Waals surface area contributed by atoms with Crippen molar-refractivity contribution >= 4 is 28.6 Å². The summed E-state index contributed by atoms with van der Waals surface area (Å²) in [6.45, 7) is 4.37. The van der Waals surface area contributed by atoms with Gasteiger partial charge in [0.1, 0.15) is 5.69 Å². The topological polar surface area (TPSA) is 55.7 Å². The summed E-state index contributed by atoms with van der Waals surface area (Å²) < 4.78 is 12.3. The maximum atomic E-state index is 13.0. The van der Waals surface area contributed by atoms with Gasteiger partial charge in [-0.15, -0.1) is 0 Å². The summed E-state index contributed by atoms with van der Waals surface area (Å²) in [5, 5.41) is 3.36. The Hall–Kier alpha value is -2.61. The number of hydrogen-bond acceptors (Lipinski definition) is 6. The molecule has 3 aromatic rings. The van der Waals surface area contributed by atoms with Gasteiger partial charge in [0.15, 0.2) is 0 Å². The molecule has 29 heavy (non-hydrogen) atoms. The zero-order chi connectivity index (χ0) is 20.1. The molecule has 1 aromatic heterocycles. The van der Waals surface area contributed by atoms with Crippen LogP contribution in [0.2, 0.25) is 0 Å². The fourth-order valence-electron chi connectivity index (χ4n) is 3.36. The lowest BCUT2D eigenvalue weighted by atomic mass is 10.1. The molecule has 2 aromatic carbocycles. The van der Waals surface area contributed by atoms with Crippen LogP contribution in [-0.2, 0) is 16.0 Å². The van der Waals surface area contributed by atoms with Crippen molar-refractivity contribution in [1.82, 2.24) is 3.96 Å². The summed E-state index contributed by atoms with van der Waals surface area (Å²) >= 11 is 1.46. The molecule has 0 atom stereocenters. The van der Waals surface area contributed by atoms with Gasteiger partial charge in [-0.2, -0.15) is 0 Å². The van der Waals surface area contributed by atoms with E-state index in [0.717, 1.165) is 42.4 Å². The number of rotatable bonds is 7. The minimum Gasteiger partial charge on any atom is -0.383 e. The average molecular weight is 412 g/mol. The number of nitrogens with one attached hydrogen (secondary N) is 1. The number of benzene rings is 2. The van der Waals surface area contributed by atoms with E-state index in [1.54, 1.807) is 11.1 Å². The summed E-state index contributed by atoms with van der Waals surface area (Å²) in [5.74, 6) is 0. The van der Waals surface area contributed by atoms with Gasteiger partial charge in [0.2, 0.25) is 0 Å². The maximum absolute atomic E-state index is 13.0. The third-order valence-electron chi connectivity index (χ3n) is 4.92. The van der Waals surface area contributed by atoms with Crippen LogP contribution in [0.15, 0.2) is 59.4 Å². The van der Waals surface area contributed by atoms with Crippen molar-refractivity contribution in [1.29, 1.82) is 0 Å². The number of ether oxygens (including phenoxy) is 2. The van der Waals surface area contributed by atoms with E-state index in [2.05, 4.69) is 22.3 Å². The van der Waals surface area contributed by atoms with Crippen molar-refractivity contribution in [2.75, 3.05) is 50.2 Å². The zero-order valence-electron chi connectivity index (χ0n) is 16.5. The monoisotopic (exact) mass is 411 g/mol. The molecular weight excluding hydrogens is 386 g/mol. The van der Waals surface area contributed by atoms with Crippen molar-refractivity contribution in [2.45, 2.75) is 6.54 Å². The molecule has 0 unspecified atom stereocenters. The van der Waals surface area contributed by atoms with Gasteiger partial charge in [-0.1, -0.05) is 41.9 Å². The second-order valence-corrected chi connectivity index (χ2v) is 7.86. The van der Waals surface area contributed by atoms with E-state index in [9.17, 15) is 4.79 Å². The third-order valence-corrected chi connectivity index (χ3v) is 6.11. The second-order valence-electron chi connectivity index (χ2n) is 6.83. The van der Waals surface area contributed by atoms with Crippen LogP contribution < -0.4 is 15.8 Å². The number of methoxy groups -OCH3 is 1. The van der Waals surface area contributed by atoms with Gasteiger partial charge in [0.05, 0.1) is 31.2 Å². The van der Waals surface area contributed by atoms with Crippen LogP contribution >= 0.6 is 11.5 Å². The lowest BCUT2D eigenvalue weighted by Crippen LogP contribution is -2.36. The molecule has 7 heteroatoms. The van der Waals surface area contributed by atoms with Crippen LogP contribution in [0.4, 0.5) is 17.1 Å². The summed E-state index contributed by atoms with van der Waals surface area (Å²) in [5.41, 5.74) is 3.68. The van der Waals surface area contributed by atoms with Crippen LogP contribution in [0, 0.1) is 0 Å². The molecule has 0 bridgehead atoms. The summed E-state index contributed by atoms with van der Waals surface area (Å²) in [6.07, 6.45) is 0. The smallest absolute Gasteiger partial charge is 0.285 e. The van der Waals surface area contributed by atoms with E-state index >= 15 is 0 Å². The fourth-order valence-corrected chi connectivity index (χ4v) is 4.39. The van der Waals surface area contributed by atoms with Gasteiger partial charge in [0, 0.05) is 31.6 Å². The zero-order valence-corrected chi connectivity index (χ0v) is 17.3. The molecule has 0 saturated carbocycles. The van der Waals surface area contributed by atoms with Gasteiger partial charge in [-0.3, -0.25) is 8.75 Å². The minimum atomic E-state index is -0.0249. The Balaban J connectivity index is 1.61. The van der Waals surface area contributed by atoms with E-state index in [1.165, 1.54) is 17.2 Å². The number of hydrogen-bond donors (Lipinski definition) is 1. The Bertz CT molecular complexity index is 977. The average Bonchev–Trinajstić information content (AvgIpc) is 3.09. The van der Waals surface area contributed by atoms with Crippen LogP contribution in [0.5, 0.6) is 0 Å². The van der Waals surface area contributed by atoms with E-state index in [-0.39, 0.29) is 5.56 Å². The molecule has 1 saturated heterocycles. The molecule has 1 aliphatic rings. The van der Waals surface area contributed by atoms with Gasteiger partial charge in [0.25, 0.3) is 5.56 Å². The van der Waals surface area contributed by atoms with Crippen LogP contribution in [0.1, 0.15) is 0 Å². The fraction of sp³-hybridized carbons (Fsp3) is 0.318. The standard InChI is InChI=1S/C22H25N3O3S/c1-27-14-13-25-22(26)20(21(29-25)17-5-3-2-4-6-17)23-18-7-9-19(10-8-18)24-11-15-28-16-12-24/h2-10,23H,11-16H2,1H3. The highest BCUT2D eigenvalue weighted by Gasteiger charge is 2.17. The lowest BCUT2D eigenvalue weighted by molar-refractivity contribution is 0.122. The molecule has 0 aliphatic carbocycles. The maximum Gasteiger partial charge on any atom is 0.285 e. The molecule has 6 nitrogen and oxygen atoms in total. The highest BCUT2D eigenvalue weighted by molar-refractivity contribution is 7.10. The summed E-state index contributed by atoms with van der Waals surface area (Å²) in [6, 6.07) is 18.2. The molecule has 1 fully saturated rings. The largest absolute Gasteiger partial charge is 0.383 e. The highest BCUT2D eigenvalue weighted by atomic mass is 32.1. The molecule has 152 valence electrons. The van der Waals surface area contributed by atoms with Gasteiger partial charge < -0.3 is 19.7 Å². The Morgan fingerprint density at radius 3 is 2.48 bits per heavy atom. The molecule has 4 rings (SSSR count). The number of nitrogens with zero attached hydrogens (tertiary/aromatic N) is 2. The molecule has 1 aliphatic heterocycles. The van der Waals surface area contributed by atoms with Crippen LogP contribution in [0.3, 0.4) is 0 Å². The first-order valence-electron chi connectivity index (χ1n) is 9.74. The second kappa shape index (κ2) is 9.26. The highest BCUT2D eigenvalue weighted by Crippen LogP contribution is 2.32. The van der Waals surface area contributed by atoms with Crippen molar-refractivity contribution in [3.8, 4) is 10.4 Å². The molecule has 0 spiro atoms. The predicted octanol–water partition coefficient (Wildman–Crippen LogP) is 3.80. The Morgan fingerprint density at radius 1 is 1.07 bits per heavy atom. The number of aromatic nitrogens is 1. The molecule has 0 amide bonds. The van der Waals surface area contributed by atoms with Crippen molar-refractivity contribution in [3.63, 3.8) is 0 Å². The van der Waals surface area contributed by atoms with E-state index < -0.39 is 0 Å². The van der Waals surface area contributed by atoms with Crippen molar-refractivity contribution < 1.29 is 9.47 Å². The third kappa shape index (κ3) is 4.53. The SMILES string of the molecule is COCCn1sc(-c2ccccc2)c(Nc2ccc(N3CCOCC3)cc2)c1=O. The lowest BCUT2D eigenvalue weighted by Gasteiger charge is -2.28. The van der Waals surface area contributed by atoms with Gasteiger partial charge >= 0.3 is 0 Å². The molecule has 1 N–H and O–H groups in total. The summed E-state index contributed by atoms with van der Waals surface area (Å²) in [7, 11) is 1.64. The summed E-state index contributed by atoms with van der Waals surface area (Å²) in [4.78, 5) is 16.3. The van der Waals surface area contributed by atoms with E-state index in [4.69, 9.17) is 9.47 Å².